The summed E-state index contributed by atoms with van der Waals surface area (Å²) in [4.78, 5) is 12.2. The Hall–Kier alpha value is -2.45. The number of halogens is 8. The molecule has 6 nitrogen and oxygen atoms in total. The van der Waals surface area contributed by atoms with Crippen molar-refractivity contribution in [3.05, 3.63) is 57.9 Å². The number of carboxylic acids is 1. The van der Waals surface area contributed by atoms with Crippen molar-refractivity contribution in [1.29, 1.82) is 0 Å². The highest BCUT2D eigenvalue weighted by molar-refractivity contribution is 7.89. The van der Waals surface area contributed by atoms with Crippen LogP contribution in [0.3, 0.4) is 0 Å². The fourth-order valence-electron chi connectivity index (χ4n) is 2.34. The first-order valence-electron chi connectivity index (χ1n) is 7.43. The van der Waals surface area contributed by atoms with Gasteiger partial charge in [-0.1, -0.05) is 11.6 Å². The molecule has 0 aliphatic heterocycles. The number of hydrogen-bond donors (Lipinski definition) is 1. The number of benzene rings is 1. The van der Waals surface area contributed by atoms with Gasteiger partial charge in [0.2, 0.25) is 10.0 Å². The van der Waals surface area contributed by atoms with Crippen LogP contribution < -0.4 is 0 Å². The first-order chi connectivity index (χ1) is 13.7. The van der Waals surface area contributed by atoms with E-state index in [0.717, 1.165) is 6.20 Å². The zero-order valence-corrected chi connectivity index (χ0v) is 15.7. The molecular weight excluding hydrogens is 473 g/mol. The summed E-state index contributed by atoms with van der Waals surface area (Å²) >= 11 is 5.11. The van der Waals surface area contributed by atoms with Gasteiger partial charge in [-0.25, -0.2) is 26.0 Å². The fraction of sp³-hybridized carbons (Fsp3) is 0.200. The summed E-state index contributed by atoms with van der Waals surface area (Å²) in [6.45, 7) is -2.95. The first-order valence-corrected chi connectivity index (χ1v) is 9.24. The Labute approximate surface area is 168 Å². The van der Waals surface area contributed by atoms with Gasteiger partial charge in [-0.2, -0.15) is 17.5 Å². The summed E-state index contributed by atoms with van der Waals surface area (Å²) in [6.07, 6.45) is -3.74. The lowest BCUT2D eigenvalue weighted by molar-refractivity contribution is -0.138. The third-order valence-electron chi connectivity index (χ3n) is 3.63. The van der Waals surface area contributed by atoms with Crippen LogP contribution >= 0.6 is 11.6 Å². The maximum absolute atomic E-state index is 14.2. The lowest BCUT2D eigenvalue weighted by Crippen LogP contribution is -2.37. The van der Waals surface area contributed by atoms with Crippen LogP contribution in [0.15, 0.2) is 23.4 Å². The van der Waals surface area contributed by atoms with Crippen molar-refractivity contribution < 1.29 is 49.1 Å². The molecule has 0 radical (unpaired) electrons. The largest absolute Gasteiger partial charge is 0.480 e. The molecule has 0 fully saturated rings. The van der Waals surface area contributed by atoms with Crippen LogP contribution in [0.2, 0.25) is 5.02 Å². The highest BCUT2D eigenvalue weighted by Crippen LogP contribution is 2.35. The Kier molecular flexibility index (Phi) is 6.63. The van der Waals surface area contributed by atoms with Gasteiger partial charge in [0.25, 0.3) is 0 Å². The monoisotopic (exact) mass is 480 g/mol. The third kappa shape index (κ3) is 4.49. The molecule has 1 aromatic carbocycles. The van der Waals surface area contributed by atoms with E-state index in [0.29, 0.717) is 12.3 Å². The quantitative estimate of drug-likeness (QED) is 0.388. The number of aromatic nitrogens is 1. The maximum Gasteiger partial charge on any atom is 0.416 e. The molecule has 1 N–H and O–H groups in total. The van der Waals surface area contributed by atoms with E-state index in [1.807, 2.05) is 0 Å². The fourth-order valence-corrected chi connectivity index (χ4v) is 4.06. The van der Waals surface area contributed by atoms with Gasteiger partial charge >= 0.3 is 12.1 Å². The zero-order chi connectivity index (χ0) is 23.0. The number of carboxylic acid groups (broad SMARTS) is 1. The molecule has 0 saturated carbocycles. The molecule has 0 unspecified atom stereocenters. The van der Waals surface area contributed by atoms with Gasteiger partial charge in [0, 0.05) is 18.9 Å². The van der Waals surface area contributed by atoms with E-state index < -0.39 is 79.6 Å². The van der Waals surface area contributed by atoms with Crippen molar-refractivity contribution in [2.24, 2.45) is 0 Å². The van der Waals surface area contributed by atoms with Gasteiger partial charge in [0.15, 0.2) is 28.2 Å². The van der Waals surface area contributed by atoms with Crippen LogP contribution in [0.4, 0.5) is 30.7 Å². The molecule has 2 rings (SSSR count). The first kappa shape index (κ1) is 23.8. The van der Waals surface area contributed by atoms with E-state index in [1.54, 1.807) is 0 Å². The number of hydrogen-bond acceptors (Lipinski definition) is 4. The standard InChI is InChI=1S/C15H8ClF7N2O4S/c16-9-10(17)12(19)13(20)14(11(9)18)30(28,29)25(5-8(26)27)4-6-3-24-2-1-7(6)15(21,22)23/h1-3H,4-5H2,(H,26,27). The summed E-state index contributed by atoms with van der Waals surface area (Å²) in [5.74, 6) is -11.5. The van der Waals surface area contributed by atoms with Crippen LogP contribution in [0.25, 0.3) is 0 Å². The van der Waals surface area contributed by atoms with E-state index in [4.69, 9.17) is 16.7 Å². The van der Waals surface area contributed by atoms with E-state index >= 15 is 0 Å². The van der Waals surface area contributed by atoms with Crippen molar-refractivity contribution >= 4 is 27.6 Å². The number of rotatable bonds is 6. The molecule has 0 atom stereocenters. The summed E-state index contributed by atoms with van der Waals surface area (Å²) in [5.41, 5.74) is -2.28. The number of nitrogens with zero attached hydrogens (tertiary/aromatic N) is 2. The SMILES string of the molecule is O=C(O)CN(Cc1cnccc1C(F)(F)F)S(=O)(=O)c1c(F)c(F)c(F)c(Cl)c1F. The van der Waals surface area contributed by atoms with Crippen molar-refractivity contribution in [1.82, 2.24) is 9.29 Å². The Balaban J connectivity index is 2.69. The third-order valence-corrected chi connectivity index (χ3v) is 5.78. The Morgan fingerprint density at radius 1 is 1.10 bits per heavy atom. The Morgan fingerprint density at radius 3 is 2.23 bits per heavy atom. The minimum Gasteiger partial charge on any atom is -0.480 e. The second-order valence-electron chi connectivity index (χ2n) is 5.60. The highest BCUT2D eigenvalue weighted by atomic mass is 35.5. The number of pyridine rings is 1. The summed E-state index contributed by atoms with van der Waals surface area (Å²) in [5, 5.41) is 7.15. The van der Waals surface area contributed by atoms with Crippen molar-refractivity contribution in [2.45, 2.75) is 17.6 Å². The van der Waals surface area contributed by atoms with Gasteiger partial charge in [0.1, 0.15) is 11.6 Å². The van der Waals surface area contributed by atoms with E-state index in [-0.39, 0.29) is 4.31 Å². The number of alkyl halides is 3. The van der Waals surface area contributed by atoms with E-state index in [2.05, 4.69) is 4.98 Å². The lowest BCUT2D eigenvalue weighted by Gasteiger charge is -2.23. The van der Waals surface area contributed by atoms with Crippen molar-refractivity contribution in [3.63, 3.8) is 0 Å². The molecule has 1 heterocycles. The lowest BCUT2D eigenvalue weighted by atomic mass is 10.1. The van der Waals surface area contributed by atoms with Crippen LogP contribution in [-0.2, 0) is 27.5 Å². The number of aliphatic carboxylic acids is 1. The molecule has 30 heavy (non-hydrogen) atoms. The van der Waals surface area contributed by atoms with Crippen LogP contribution in [0.1, 0.15) is 11.1 Å². The summed E-state index contributed by atoms with van der Waals surface area (Å²) < 4.78 is 119. The van der Waals surface area contributed by atoms with Gasteiger partial charge in [-0.3, -0.25) is 9.78 Å². The molecule has 0 amide bonds. The predicted molar refractivity (Wildman–Crippen MR) is 85.8 cm³/mol. The molecule has 0 spiro atoms. The minimum atomic E-state index is -5.66. The van der Waals surface area contributed by atoms with Gasteiger partial charge in [-0.15, -0.1) is 0 Å². The van der Waals surface area contributed by atoms with Crippen molar-refractivity contribution in [3.8, 4) is 0 Å². The molecule has 0 aliphatic carbocycles. The molecule has 0 aliphatic rings. The van der Waals surface area contributed by atoms with Crippen molar-refractivity contribution in [2.75, 3.05) is 6.54 Å². The molecule has 1 aromatic heterocycles. The van der Waals surface area contributed by atoms with Crippen LogP contribution in [-0.4, -0.2) is 35.3 Å². The van der Waals surface area contributed by atoms with Gasteiger partial charge in [-0.05, 0) is 11.6 Å². The molecular formula is C15H8ClF7N2O4S. The average molecular weight is 481 g/mol. The molecule has 0 bridgehead atoms. The van der Waals surface area contributed by atoms with Crippen LogP contribution in [0, 0.1) is 23.3 Å². The number of sulfonamides is 1. The second kappa shape index (κ2) is 8.35. The topological polar surface area (TPSA) is 87.6 Å². The maximum atomic E-state index is 14.2. The van der Waals surface area contributed by atoms with E-state index in [9.17, 15) is 43.9 Å². The minimum absolute atomic E-state index is 0.281. The highest BCUT2D eigenvalue weighted by Gasteiger charge is 2.39. The molecule has 0 saturated heterocycles. The molecule has 2 aromatic rings. The zero-order valence-electron chi connectivity index (χ0n) is 14.1. The smallest absolute Gasteiger partial charge is 0.416 e. The normalized spacial score (nSPS) is 12.4. The van der Waals surface area contributed by atoms with Gasteiger partial charge in [0.05, 0.1) is 5.56 Å². The summed E-state index contributed by atoms with van der Waals surface area (Å²) in [6, 6.07) is 0.455. The summed E-state index contributed by atoms with van der Waals surface area (Å²) in [7, 11) is -5.66. The second-order valence-corrected chi connectivity index (χ2v) is 7.85. The van der Waals surface area contributed by atoms with Gasteiger partial charge < -0.3 is 5.11 Å². The average Bonchev–Trinajstić information content (AvgIpc) is 2.63. The Bertz CT molecular complexity index is 1080. The Morgan fingerprint density at radius 2 is 1.70 bits per heavy atom. The predicted octanol–water partition coefficient (Wildman–Crippen LogP) is 3.59. The number of carbonyl (C=O) groups is 1. The molecule has 15 heteroatoms. The van der Waals surface area contributed by atoms with Crippen LogP contribution in [0.5, 0.6) is 0 Å². The molecule has 164 valence electrons. The van der Waals surface area contributed by atoms with E-state index in [1.165, 1.54) is 0 Å².